The molecule has 0 fully saturated rings. The van der Waals surface area contributed by atoms with Crippen LogP contribution >= 0.6 is 47.0 Å². The number of rotatable bonds is 8. The van der Waals surface area contributed by atoms with Crippen molar-refractivity contribution in [3.8, 4) is 45.6 Å². The molecule has 8 bridgehead atoms. The highest BCUT2D eigenvalue weighted by molar-refractivity contribution is 8.13. The van der Waals surface area contributed by atoms with E-state index in [-0.39, 0.29) is 0 Å². The summed E-state index contributed by atoms with van der Waals surface area (Å²) < 4.78 is 8.60. The fraction of sp³-hybridized carbons (Fsp3) is 0.357. The first-order valence-electron chi connectivity index (χ1n) is 25.0. The maximum atomic E-state index is 5.44. The summed E-state index contributed by atoms with van der Waals surface area (Å²) in [6.07, 6.45) is 0. The second-order valence-electron chi connectivity index (χ2n) is 20.6. The van der Waals surface area contributed by atoms with E-state index in [9.17, 15) is 0 Å². The molecule has 394 valence electrons. The molecule has 9 rings (SSSR count). The minimum Gasteiger partial charge on any atom is -0.324 e. The maximum absolute atomic E-state index is 5.44. The average molecular weight is 1100 g/mol. The van der Waals surface area contributed by atoms with Crippen LogP contribution in [0, 0.1) is 0 Å². The van der Waals surface area contributed by atoms with E-state index in [1.165, 1.54) is 0 Å². The topological polar surface area (TPSA) is 134 Å². The second-order valence-corrected chi connectivity index (χ2v) is 24.3. The zero-order valence-electron chi connectivity index (χ0n) is 46.7. The zero-order valence-corrected chi connectivity index (χ0v) is 49.9. The average Bonchev–Trinajstić information content (AvgIpc) is 4.18. The molecule has 0 unspecified atom stereocenters. The lowest BCUT2D eigenvalue weighted by atomic mass is 10.1. The van der Waals surface area contributed by atoms with E-state index in [2.05, 4.69) is 233 Å². The number of nitrogens with one attached hydrogen (secondary N) is 2. The van der Waals surface area contributed by atoms with Crippen LogP contribution < -0.4 is 0 Å². The number of aromatic amines is 2. The summed E-state index contributed by atoms with van der Waals surface area (Å²) in [4.78, 5) is 48.3. The number of amidine groups is 4. The van der Waals surface area contributed by atoms with Crippen molar-refractivity contribution < 1.29 is 18.3 Å². The van der Waals surface area contributed by atoms with Gasteiger partial charge in [0, 0.05) is 66.8 Å². The first-order valence-corrected chi connectivity index (χ1v) is 28.9. The van der Waals surface area contributed by atoms with E-state index in [1.54, 1.807) is 47.0 Å². The van der Waals surface area contributed by atoms with Crippen molar-refractivity contribution >= 4 is 112 Å². The molecule has 2 N–H and O–H groups in total. The molecule has 7 aromatic rings. The van der Waals surface area contributed by atoms with Gasteiger partial charge in [-0.2, -0.15) is 0 Å². The number of thioether (sulfide) groups is 4. The lowest BCUT2D eigenvalue weighted by Crippen LogP contribution is -2.26. The Morgan fingerprint density at radius 1 is 0.342 bits per heavy atom. The summed E-state index contributed by atoms with van der Waals surface area (Å²) in [7, 11) is 33.3. The Bertz CT molecular complexity index is 3480. The summed E-state index contributed by atoms with van der Waals surface area (Å²) in [6, 6.07) is 26.3. The number of fused-ring (bicyclic) bond motifs is 20. The Morgan fingerprint density at radius 3 is 0.895 bits per heavy atom. The number of aromatic nitrogens is 8. The van der Waals surface area contributed by atoms with E-state index < -0.39 is 0 Å². The molecule has 2 aliphatic heterocycles. The summed E-state index contributed by atoms with van der Waals surface area (Å²) in [5, 5.41) is 8.40. The number of benzene rings is 4. The third-order valence-electron chi connectivity index (χ3n) is 12.6. The van der Waals surface area contributed by atoms with Crippen molar-refractivity contribution in [3.63, 3.8) is 0 Å². The van der Waals surface area contributed by atoms with Crippen LogP contribution in [0.5, 0.6) is 0 Å². The highest BCUT2D eigenvalue weighted by Crippen LogP contribution is 2.39. The zero-order chi connectivity index (χ0) is 54.3. The van der Waals surface area contributed by atoms with E-state index >= 15 is 0 Å². The molecule has 0 saturated heterocycles. The highest BCUT2D eigenvalue weighted by atomic mass is 32.2. The predicted octanol–water partition coefficient (Wildman–Crippen LogP) is 8.56. The van der Waals surface area contributed by atoms with Crippen LogP contribution in [0.2, 0.25) is 0 Å². The van der Waals surface area contributed by atoms with E-state index in [0.29, 0.717) is 45.9 Å². The smallest absolute Gasteiger partial charge is 0.307 e. The standard InChI is InChI=1S/C56H70N16S4/c1-65(2)53(66(3)4)73-29-33-17-21-37-41(25-33)49-57-45(37)62-50-43-27-35(31-75-55(69(9)10)70(11)12)19-23-39(43)47(59-50)64-52-44-28-36(32-76-56(71(13)14)72(15)16)20-24-40(44)48(60-52)63-51-42-26-34(18-22-38(42)46(58-51)61-49)30-74-54(67(5)6)68(7)8/h17-28H,29-32H2,1-16H3,(H2,57,58,59,60,61,62,63,64)/q+4. The molecule has 3 aromatic heterocycles. The van der Waals surface area contributed by atoms with Crippen molar-refractivity contribution in [2.24, 2.45) is 0 Å². The van der Waals surface area contributed by atoms with Gasteiger partial charge >= 0.3 is 20.7 Å². The number of nitrogens with zero attached hydrogens (tertiary/aromatic N) is 14. The molecule has 0 aliphatic carbocycles. The molecule has 2 aliphatic rings. The Morgan fingerprint density at radius 2 is 0.605 bits per heavy atom. The Balaban J connectivity index is 1.31. The van der Waals surface area contributed by atoms with Crippen LogP contribution in [0.4, 0.5) is 0 Å². The quantitative estimate of drug-likeness (QED) is 0.0855. The fourth-order valence-corrected chi connectivity index (χ4v) is 13.5. The Labute approximate surface area is 463 Å². The van der Waals surface area contributed by atoms with Crippen LogP contribution in [-0.2, 0) is 23.0 Å². The lowest BCUT2D eigenvalue weighted by Gasteiger charge is -2.11. The molecule has 0 amide bonds. The van der Waals surface area contributed by atoms with Crippen molar-refractivity contribution in [2.75, 3.05) is 113 Å². The van der Waals surface area contributed by atoms with Crippen LogP contribution in [0.25, 0.3) is 89.7 Å². The summed E-state index contributed by atoms with van der Waals surface area (Å²) in [5.74, 6) is 5.34. The molecular weight excluding hydrogens is 1020 g/mol. The SMILES string of the molecule is CN(C)C(SCc1ccc2c(c1)-c1nc-2nc2[nH]c(nc3nc(nc4[nH]c(n1)c1ccc(CSC(N(C)C)=[N+](C)C)cc41)-c1ccc(CSC(N(C)C)=[N+](C)C)cc1-3)c1ccc(CSC(N(C)C)=[N+](C)C)cc21)=[N+](C)C. The molecule has 16 nitrogen and oxygen atoms in total. The first kappa shape index (κ1) is 54.3. The minimum absolute atomic E-state index is 0.570. The van der Waals surface area contributed by atoms with E-state index in [4.69, 9.17) is 29.9 Å². The fourth-order valence-electron chi connectivity index (χ4n) is 9.57. The predicted molar refractivity (Wildman–Crippen MR) is 324 cm³/mol. The van der Waals surface area contributed by atoms with Crippen LogP contribution in [0.15, 0.2) is 72.8 Å². The van der Waals surface area contributed by atoms with Crippen molar-refractivity contribution in [1.82, 2.24) is 59.5 Å². The number of H-pyrrole nitrogens is 2. The third kappa shape index (κ3) is 11.5. The largest absolute Gasteiger partial charge is 0.324 e. The van der Waals surface area contributed by atoms with Gasteiger partial charge in [-0.1, -0.05) is 48.5 Å². The van der Waals surface area contributed by atoms with Gasteiger partial charge in [-0.3, -0.25) is 37.9 Å². The van der Waals surface area contributed by atoms with E-state index in [1.807, 2.05) is 0 Å². The van der Waals surface area contributed by atoms with Crippen molar-refractivity contribution in [3.05, 3.63) is 95.1 Å². The number of hydrogen-bond donors (Lipinski definition) is 2. The molecule has 0 atom stereocenters. The second kappa shape index (κ2) is 22.6. The van der Waals surface area contributed by atoms with E-state index in [0.717, 1.165) is 110 Å². The molecule has 4 aromatic carbocycles. The van der Waals surface area contributed by atoms with Gasteiger partial charge in [0.2, 0.25) is 0 Å². The van der Waals surface area contributed by atoms with Gasteiger partial charge < -0.3 is 9.97 Å². The number of hydrogen-bond acceptors (Lipinski definition) is 10. The van der Waals surface area contributed by atoms with Gasteiger partial charge in [-0.25, -0.2) is 29.9 Å². The minimum atomic E-state index is 0.570. The van der Waals surface area contributed by atoms with Crippen LogP contribution in [0.1, 0.15) is 22.3 Å². The van der Waals surface area contributed by atoms with Gasteiger partial charge in [-0.05, 0) is 93.6 Å². The van der Waals surface area contributed by atoms with Gasteiger partial charge in [-0.15, -0.1) is 0 Å². The summed E-state index contributed by atoms with van der Waals surface area (Å²) >= 11 is 7.18. The van der Waals surface area contributed by atoms with Gasteiger partial charge in [0.25, 0.3) is 0 Å². The Kier molecular flexibility index (Phi) is 16.2. The monoisotopic (exact) mass is 1090 g/mol. The van der Waals surface area contributed by atoms with Gasteiger partial charge in [0.05, 0.1) is 113 Å². The summed E-state index contributed by atoms with van der Waals surface area (Å²) in [6.45, 7) is 0. The normalized spacial score (nSPS) is 11.6. The lowest BCUT2D eigenvalue weighted by molar-refractivity contribution is -0.466. The van der Waals surface area contributed by atoms with Gasteiger partial charge in [0.1, 0.15) is 22.6 Å². The highest BCUT2D eigenvalue weighted by Gasteiger charge is 2.25. The molecule has 20 heteroatoms. The summed E-state index contributed by atoms with van der Waals surface area (Å²) in [5.41, 5.74) is 10.9. The Hall–Kier alpha value is -6.48. The molecule has 76 heavy (non-hydrogen) atoms. The first-order chi connectivity index (χ1) is 36.2. The molecule has 0 radical (unpaired) electrons. The van der Waals surface area contributed by atoms with Crippen molar-refractivity contribution in [1.29, 1.82) is 0 Å². The molecule has 0 spiro atoms. The third-order valence-corrected chi connectivity index (χ3v) is 18.5. The maximum Gasteiger partial charge on any atom is 0.307 e. The molecule has 5 heterocycles. The molecule has 0 saturated carbocycles. The van der Waals surface area contributed by atoms with Gasteiger partial charge in [0.15, 0.2) is 23.3 Å². The van der Waals surface area contributed by atoms with Crippen LogP contribution in [-0.4, -0.2) is 211 Å². The van der Waals surface area contributed by atoms with Crippen LogP contribution in [0.3, 0.4) is 0 Å². The molecular formula is C56H70N16S4+4. The van der Waals surface area contributed by atoms with Crippen molar-refractivity contribution in [2.45, 2.75) is 23.0 Å².